The van der Waals surface area contributed by atoms with Gasteiger partial charge in [-0.25, -0.2) is 4.79 Å². The molecule has 0 aliphatic heterocycles. The lowest BCUT2D eigenvalue weighted by molar-refractivity contribution is 0.279. The second-order valence-corrected chi connectivity index (χ2v) is 1.44. The summed E-state index contributed by atoms with van der Waals surface area (Å²) in [6, 6.07) is 2.07. The second kappa shape index (κ2) is 1.81. The zero-order chi connectivity index (χ0) is 6.85. The molecule has 4 heteroatoms. The Kier molecular flexibility index (Phi) is 1.14. The second-order valence-electron chi connectivity index (χ2n) is 1.44. The molecule has 0 radical (unpaired) electrons. The monoisotopic (exact) mass is 128 g/mol. The van der Waals surface area contributed by atoms with Crippen molar-refractivity contribution < 1.29 is 14.6 Å². The topological polar surface area (TPSA) is 70.7 Å². The van der Waals surface area contributed by atoms with Gasteiger partial charge in [-0.2, -0.15) is 0 Å². The van der Waals surface area contributed by atoms with Crippen LogP contribution >= 0.6 is 0 Å². The molecule has 1 aromatic heterocycles. The van der Waals surface area contributed by atoms with Gasteiger partial charge in [-0.15, -0.1) is 0 Å². The summed E-state index contributed by atoms with van der Waals surface area (Å²) >= 11 is 0. The van der Waals surface area contributed by atoms with Gasteiger partial charge >= 0.3 is 11.6 Å². The van der Waals surface area contributed by atoms with E-state index in [1.165, 1.54) is 0 Å². The molecule has 0 amide bonds. The maximum Gasteiger partial charge on any atom is 0.338 e. The third-order valence-electron chi connectivity index (χ3n) is 0.794. The zero-order valence-electron chi connectivity index (χ0n) is 4.37. The van der Waals surface area contributed by atoms with E-state index < -0.39 is 17.3 Å². The van der Waals surface area contributed by atoms with Crippen LogP contribution in [0.15, 0.2) is 21.3 Å². The number of aromatic hydroxyl groups is 2. The van der Waals surface area contributed by atoms with E-state index in [0.29, 0.717) is 0 Å². The summed E-state index contributed by atoms with van der Waals surface area (Å²) in [6.45, 7) is 0. The van der Waals surface area contributed by atoms with E-state index in [1.807, 2.05) is 0 Å². The molecule has 1 aromatic rings. The quantitative estimate of drug-likeness (QED) is 0.518. The van der Waals surface area contributed by atoms with Crippen molar-refractivity contribution in [2.75, 3.05) is 0 Å². The van der Waals surface area contributed by atoms with Crippen LogP contribution in [0.1, 0.15) is 0 Å². The van der Waals surface area contributed by atoms with Gasteiger partial charge in [0, 0.05) is 6.07 Å². The Morgan fingerprint density at radius 2 is 2.00 bits per heavy atom. The number of hydrogen-bond acceptors (Lipinski definition) is 4. The lowest BCUT2D eigenvalue weighted by Gasteiger charge is -1.89. The van der Waals surface area contributed by atoms with Crippen molar-refractivity contribution in [2.24, 2.45) is 0 Å². The van der Waals surface area contributed by atoms with Crippen LogP contribution in [0.2, 0.25) is 0 Å². The molecule has 0 spiro atoms. The van der Waals surface area contributed by atoms with Crippen LogP contribution in [0.25, 0.3) is 0 Å². The van der Waals surface area contributed by atoms with Crippen molar-refractivity contribution in [3.8, 4) is 11.7 Å². The van der Waals surface area contributed by atoms with E-state index in [-0.39, 0.29) is 0 Å². The Bertz CT molecular complexity index is 262. The van der Waals surface area contributed by atoms with E-state index in [0.717, 1.165) is 12.1 Å². The number of hydrogen-bond donors (Lipinski definition) is 2. The Morgan fingerprint density at radius 1 is 1.33 bits per heavy atom. The highest BCUT2D eigenvalue weighted by atomic mass is 16.5. The first-order valence-electron chi connectivity index (χ1n) is 2.22. The van der Waals surface area contributed by atoms with Crippen LogP contribution in [0.5, 0.6) is 11.7 Å². The van der Waals surface area contributed by atoms with Gasteiger partial charge in [-0.3, -0.25) is 0 Å². The Balaban J connectivity index is 3.34. The average Bonchev–Trinajstić information content (AvgIpc) is 1.80. The van der Waals surface area contributed by atoms with Crippen LogP contribution in [0.3, 0.4) is 0 Å². The van der Waals surface area contributed by atoms with Gasteiger partial charge in [0.05, 0.1) is 0 Å². The highest BCUT2D eigenvalue weighted by Gasteiger charge is 1.98. The molecule has 0 saturated carbocycles. The standard InChI is InChI=1S/C5H4O4/c6-3-1-2-4(7)9-5(3)8/h1-2,6,8H. The smallest absolute Gasteiger partial charge is 0.338 e. The summed E-state index contributed by atoms with van der Waals surface area (Å²) in [6.07, 6.45) is 0. The van der Waals surface area contributed by atoms with Gasteiger partial charge in [0.25, 0.3) is 0 Å². The minimum absolute atomic E-state index is 0.436. The fourth-order valence-corrected chi connectivity index (χ4v) is 0.400. The Hall–Kier alpha value is -1.45. The molecule has 2 N–H and O–H groups in total. The van der Waals surface area contributed by atoms with Crippen LogP contribution in [0.4, 0.5) is 0 Å². The maximum absolute atomic E-state index is 10.2. The van der Waals surface area contributed by atoms with Crippen molar-refractivity contribution in [3.63, 3.8) is 0 Å². The summed E-state index contributed by atoms with van der Waals surface area (Å²) in [7, 11) is 0. The van der Waals surface area contributed by atoms with E-state index in [9.17, 15) is 4.79 Å². The van der Waals surface area contributed by atoms with Crippen molar-refractivity contribution in [1.29, 1.82) is 0 Å². The largest absolute Gasteiger partial charge is 0.502 e. The molecule has 48 valence electrons. The van der Waals surface area contributed by atoms with Gasteiger partial charge in [-0.1, -0.05) is 0 Å². The van der Waals surface area contributed by atoms with Crippen molar-refractivity contribution >= 4 is 0 Å². The predicted molar refractivity (Wildman–Crippen MR) is 28.3 cm³/mol. The fourth-order valence-electron chi connectivity index (χ4n) is 0.400. The molecule has 0 atom stereocenters. The van der Waals surface area contributed by atoms with E-state index in [4.69, 9.17) is 10.2 Å². The molecule has 1 heterocycles. The van der Waals surface area contributed by atoms with Gasteiger partial charge < -0.3 is 14.6 Å². The van der Waals surface area contributed by atoms with Gasteiger partial charge in [0.1, 0.15) is 0 Å². The molecule has 0 aliphatic carbocycles. The Labute approximate surface area is 50.0 Å². The lowest BCUT2D eigenvalue weighted by atomic mass is 10.5. The molecule has 0 bridgehead atoms. The van der Waals surface area contributed by atoms with Crippen LogP contribution in [-0.4, -0.2) is 10.2 Å². The average molecular weight is 128 g/mol. The molecular formula is C5H4O4. The molecule has 0 fully saturated rings. The summed E-state index contributed by atoms with van der Waals surface area (Å²) < 4.78 is 4.06. The van der Waals surface area contributed by atoms with E-state index >= 15 is 0 Å². The summed E-state index contributed by atoms with van der Waals surface area (Å²) in [4.78, 5) is 10.2. The summed E-state index contributed by atoms with van der Waals surface area (Å²) in [5.41, 5.74) is -0.690. The number of rotatable bonds is 0. The van der Waals surface area contributed by atoms with Crippen molar-refractivity contribution in [3.05, 3.63) is 22.6 Å². The highest BCUT2D eigenvalue weighted by molar-refractivity contribution is 5.25. The highest BCUT2D eigenvalue weighted by Crippen LogP contribution is 2.19. The molecule has 0 aliphatic rings. The van der Waals surface area contributed by atoms with Gasteiger partial charge in [-0.05, 0) is 6.07 Å². The van der Waals surface area contributed by atoms with Crippen LogP contribution < -0.4 is 5.63 Å². The molecular weight excluding hydrogens is 124 g/mol. The molecule has 9 heavy (non-hydrogen) atoms. The Morgan fingerprint density at radius 3 is 2.44 bits per heavy atom. The van der Waals surface area contributed by atoms with Crippen molar-refractivity contribution in [1.82, 2.24) is 0 Å². The van der Waals surface area contributed by atoms with Crippen LogP contribution in [-0.2, 0) is 0 Å². The lowest BCUT2D eigenvalue weighted by Crippen LogP contribution is -1.92. The summed E-state index contributed by atoms with van der Waals surface area (Å²) in [5.74, 6) is -1.18. The predicted octanol–water partition coefficient (Wildman–Crippen LogP) is 0.0510. The van der Waals surface area contributed by atoms with Crippen LogP contribution in [0, 0.1) is 0 Å². The van der Waals surface area contributed by atoms with Gasteiger partial charge in [0.15, 0.2) is 5.75 Å². The fraction of sp³-hybridized carbons (Fsp3) is 0. The molecule has 4 nitrogen and oxygen atoms in total. The first kappa shape index (κ1) is 5.68. The molecule has 1 rings (SSSR count). The SMILES string of the molecule is O=c1ccc(O)c(O)o1. The molecule has 0 unspecified atom stereocenters. The van der Waals surface area contributed by atoms with Crippen molar-refractivity contribution in [2.45, 2.75) is 0 Å². The minimum atomic E-state index is -0.748. The first-order chi connectivity index (χ1) is 4.20. The minimum Gasteiger partial charge on any atom is -0.502 e. The first-order valence-corrected chi connectivity index (χ1v) is 2.22. The third-order valence-corrected chi connectivity index (χ3v) is 0.794. The third kappa shape index (κ3) is 1.02. The summed E-state index contributed by atoms with van der Waals surface area (Å²) in [5, 5.41) is 17.0. The zero-order valence-corrected chi connectivity index (χ0v) is 4.37. The molecule has 0 aromatic carbocycles. The molecule has 0 saturated heterocycles. The normalized spacial score (nSPS) is 9.33. The van der Waals surface area contributed by atoms with E-state index in [2.05, 4.69) is 4.42 Å². The maximum atomic E-state index is 10.2. The van der Waals surface area contributed by atoms with E-state index in [1.54, 1.807) is 0 Å². The van der Waals surface area contributed by atoms with Gasteiger partial charge in [0.2, 0.25) is 0 Å².